The zero-order chi connectivity index (χ0) is 17.7. The lowest BCUT2D eigenvalue weighted by Crippen LogP contribution is -2.10. The third-order valence-corrected chi connectivity index (χ3v) is 3.88. The van der Waals surface area contributed by atoms with Crippen LogP contribution >= 0.6 is 23.2 Å². The second-order valence-corrected chi connectivity index (χ2v) is 6.23. The molecule has 0 fully saturated rings. The number of carbonyl (C=O) groups excluding carboxylic acids is 1. The van der Waals surface area contributed by atoms with Gasteiger partial charge in [0, 0.05) is 28.9 Å². The van der Waals surface area contributed by atoms with Gasteiger partial charge in [-0.05, 0) is 49.2 Å². The van der Waals surface area contributed by atoms with Crippen LogP contribution in [0.25, 0.3) is 0 Å². The number of amides is 1. The van der Waals surface area contributed by atoms with Gasteiger partial charge in [-0.1, -0.05) is 30.1 Å². The lowest BCUT2D eigenvalue weighted by Gasteiger charge is -2.07. The first-order valence-corrected chi connectivity index (χ1v) is 8.29. The summed E-state index contributed by atoms with van der Waals surface area (Å²) < 4.78 is 0. The van der Waals surface area contributed by atoms with E-state index in [9.17, 15) is 9.90 Å². The van der Waals surface area contributed by atoms with Crippen LogP contribution in [-0.2, 0) is 4.79 Å². The Morgan fingerprint density at radius 1 is 1.29 bits per heavy atom. The van der Waals surface area contributed by atoms with Gasteiger partial charge in [0.15, 0.2) is 0 Å². The zero-order valence-corrected chi connectivity index (χ0v) is 14.9. The van der Waals surface area contributed by atoms with E-state index in [1.165, 1.54) is 6.21 Å². The Hall–Kier alpha value is -2.04. The maximum Gasteiger partial charge on any atom is 0.224 e. The number of aromatic hydroxyl groups is 1. The molecule has 0 aromatic heterocycles. The van der Waals surface area contributed by atoms with Crippen LogP contribution in [0.2, 0.25) is 10.0 Å². The molecule has 0 aliphatic heterocycles. The highest BCUT2D eigenvalue weighted by atomic mass is 35.5. The second kappa shape index (κ2) is 8.18. The summed E-state index contributed by atoms with van der Waals surface area (Å²) >= 11 is 12.1. The van der Waals surface area contributed by atoms with Gasteiger partial charge in [-0.3, -0.25) is 9.79 Å². The SMILES string of the molecule is CCCC(=O)Nc1ccc(Cl)c(N=Cc2cc(Cl)cc(C)c2O)c1. The summed E-state index contributed by atoms with van der Waals surface area (Å²) in [5.41, 5.74) is 2.27. The number of nitrogens with one attached hydrogen (secondary N) is 1. The number of benzene rings is 2. The van der Waals surface area contributed by atoms with Crippen molar-refractivity contribution in [2.24, 2.45) is 4.99 Å². The lowest BCUT2D eigenvalue weighted by atomic mass is 10.1. The Labute approximate surface area is 151 Å². The number of aryl methyl sites for hydroxylation is 1. The number of hydrogen-bond acceptors (Lipinski definition) is 3. The molecule has 126 valence electrons. The molecule has 0 saturated carbocycles. The van der Waals surface area contributed by atoms with Gasteiger partial charge in [-0.15, -0.1) is 0 Å². The molecule has 6 heteroatoms. The van der Waals surface area contributed by atoms with Crippen LogP contribution in [0.4, 0.5) is 11.4 Å². The standard InChI is InChI=1S/C18H18Cl2N2O2/c1-3-4-17(23)22-14-5-6-15(20)16(9-14)21-10-12-8-13(19)7-11(2)18(12)24/h5-10,24H,3-4H2,1-2H3,(H,22,23). The number of aliphatic imine (C=N–C) groups is 1. The summed E-state index contributed by atoms with van der Waals surface area (Å²) in [7, 11) is 0. The van der Waals surface area contributed by atoms with Crippen molar-refractivity contribution in [1.29, 1.82) is 0 Å². The van der Waals surface area contributed by atoms with E-state index in [0.717, 1.165) is 6.42 Å². The molecule has 1 amide bonds. The van der Waals surface area contributed by atoms with Crippen molar-refractivity contribution in [3.8, 4) is 5.75 Å². The van der Waals surface area contributed by atoms with Crippen molar-refractivity contribution in [1.82, 2.24) is 0 Å². The van der Waals surface area contributed by atoms with Crippen molar-refractivity contribution in [2.75, 3.05) is 5.32 Å². The minimum atomic E-state index is -0.0575. The molecular formula is C18H18Cl2N2O2. The fraction of sp³-hybridized carbons (Fsp3) is 0.222. The highest BCUT2D eigenvalue weighted by molar-refractivity contribution is 6.33. The quantitative estimate of drug-likeness (QED) is 0.688. The van der Waals surface area contributed by atoms with E-state index in [0.29, 0.717) is 39.0 Å². The molecular weight excluding hydrogens is 347 g/mol. The van der Waals surface area contributed by atoms with Crippen LogP contribution in [0.1, 0.15) is 30.9 Å². The molecule has 0 aliphatic carbocycles. The van der Waals surface area contributed by atoms with E-state index >= 15 is 0 Å². The number of rotatable bonds is 5. The molecule has 0 radical (unpaired) electrons. The van der Waals surface area contributed by atoms with E-state index < -0.39 is 0 Å². The Bertz CT molecular complexity index is 789. The monoisotopic (exact) mass is 364 g/mol. The predicted molar refractivity (Wildman–Crippen MR) is 100 cm³/mol. The first-order valence-electron chi connectivity index (χ1n) is 7.53. The highest BCUT2D eigenvalue weighted by Gasteiger charge is 2.07. The summed E-state index contributed by atoms with van der Waals surface area (Å²) in [6, 6.07) is 8.36. The number of phenols is 1. The van der Waals surface area contributed by atoms with Crippen LogP contribution in [0, 0.1) is 6.92 Å². The summed E-state index contributed by atoms with van der Waals surface area (Å²) in [5, 5.41) is 13.8. The Balaban J connectivity index is 2.27. The highest BCUT2D eigenvalue weighted by Crippen LogP contribution is 2.30. The molecule has 0 spiro atoms. The third kappa shape index (κ3) is 4.73. The number of hydrogen-bond donors (Lipinski definition) is 2. The Morgan fingerprint density at radius 2 is 2.04 bits per heavy atom. The summed E-state index contributed by atoms with van der Waals surface area (Å²) in [6.45, 7) is 3.70. The first kappa shape index (κ1) is 18.3. The van der Waals surface area contributed by atoms with Crippen LogP contribution in [-0.4, -0.2) is 17.2 Å². The van der Waals surface area contributed by atoms with Gasteiger partial charge in [-0.25, -0.2) is 0 Å². The molecule has 0 saturated heterocycles. The zero-order valence-electron chi connectivity index (χ0n) is 13.4. The van der Waals surface area contributed by atoms with Crippen molar-refractivity contribution in [3.05, 3.63) is 51.5 Å². The molecule has 2 rings (SSSR count). The van der Waals surface area contributed by atoms with Gasteiger partial charge in [0.1, 0.15) is 5.75 Å². The minimum Gasteiger partial charge on any atom is -0.507 e. The fourth-order valence-corrected chi connectivity index (χ4v) is 2.59. The van der Waals surface area contributed by atoms with Gasteiger partial charge >= 0.3 is 0 Å². The normalized spacial score (nSPS) is 11.0. The average molecular weight is 365 g/mol. The maximum atomic E-state index is 11.7. The lowest BCUT2D eigenvalue weighted by molar-refractivity contribution is -0.116. The molecule has 4 nitrogen and oxygen atoms in total. The van der Waals surface area contributed by atoms with Crippen LogP contribution in [0.5, 0.6) is 5.75 Å². The van der Waals surface area contributed by atoms with Gasteiger partial charge in [-0.2, -0.15) is 0 Å². The van der Waals surface area contributed by atoms with E-state index in [2.05, 4.69) is 10.3 Å². The predicted octanol–water partition coefficient (Wildman–Crippen LogP) is 5.50. The molecule has 0 heterocycles. The van der Waals surface area contributed by atoms with E-state index in [1.54, 1.807) is 37.3 Å². The summed E-state index contributed by atoms with van der Waals surface area (Å²) in [6.07, 6.45) is 2.72. The van der Waals surface area contributed by atoms with Gasteiger partial charge in [0.05, 0.1) is 10.7 Å². The molecule has 2 aromatic rings. The van der Waals surface area contributed by atoms with E-state index in [4.69, 9.17) is 23.2 Å². The maximum absolute atomic E-state index is 11.7. The molecule has 2 aromatic carbocycles. The van der Waals surface area contributed by atoms with Crippen molar-refractivity contribution in [2.45, 2.75) is 26.7 Å². The van der Waals surface area contributed by atoms with Crippen LogP contribution in [0.15, 0.2) is 35.3 Å². The second-order valence-electron chi connectivity index (χ2n) is 5.38. The smallest absolute Gasteiger partial charge is 0.224 e. The third-order valence-electron chi connectivity index (χ3n) is 3.34. The Morgan fingerprint density at radius 3 is 2.75 bits per heavy atom. The summed E-state index contributed by atoms with van der Waals surface area (Å²) in [5.74, 6) is 0.0598. The number of anilines is 1. The number of phenolic OH excluding ortho intramolecular Hbond substituents is 1. The molecule has 0 atom stereocenters. The first-order chi connectivity index (χ1) is 11.4. The molecule has 0 bridgehead atoms. The fourth-order valence-electron chi connectivity index (χ4n) is 2.14. The van der Waals surface area contributed by atoms with Crippen molar-refractivity contribution in [3.63, 3.8) is 0 Å². The van der Waals surface area contributed by atoms with Gasteiger partial charge < -0.3 is 10.4 Å². The van der Waals surface area contributed by atoms with E-state index in [-0.39, 0.29) is 11.7 Å². The largest absolute Gasteiger partial charge is 0.507 e. The topological polar surface area (TPSA) is 61.7 Å². The molecule has 2 N–H and O–H groups in total. The molecule has 0 aliphatic rings. The van der Waals surface area contributed by atoms with Gasteiger partial charge in [0.25, 0.3) is 0 Å². The number of nitrogens with zero attached hydrogens (tertiary/aromatic N) is 1. The Kier molecular flexibility index (Phi) is 6.23. The van der Waals surface area contributed by atoms with Crippen LogP contribution in [0.3, 0.4) is 0 Å². The molecule has 0 unspecified atom stereocenters. The number of carbonyl (C=O) groups is 1. The van der Waals surface area contributed by atoms with Gasteiger partial charge in [0.2, 0.25) is 5.91 Å². The van der Waals surface area contributed by atoms with E-state index in [1.807, 2.05) is 6.92 Å². The average Bonchev–Trinajstić information content (AvgIpc) is 2.52. The van der Waals surface area contributed by atoms with Crippen molar-refractivity contribution >= 4 is 46.7 Å². The molecule has 24 heavy (non-hydrogen) atoms. The van der Waals surface area contributed by atoms with Crippen LogP contribution < -0.4 is 5.32 Å². The van der Waals surface area contributed by atoms with Crippen molar-refractivity contribution < 1.29 is 9.90 Å². The minimum absolute atomic E-state index is 0.0575. The number of halogens is 2. The summed E-state index contributed by atoms with van der Waals surface area (Å²) in [4.78, 5) is 16.0.